The van der Waals surface area contributed by atoms with Crippen LogP contribution < -0.4 is 5.32 Å². The van der Waals surface area contributed by atoms with Gasteiger partial charge in [0.15, 0.2) is 6.23 Å². The van der Waals surface area contributed by atoms with Crippen molar-refractivity contribution in [2.24, 2.45) is 5.92 Å². The van der Waals surface area contributed by atoms with Gasteiger partial charge in [-0.05, 0) is 30.0 Å². The molecule has 8 rings (SSSR count). The first-order valence-corrected chi connectivity index (χ1v) is 11.7. The van der Waals surface area contributed by atoms with Crippen molar-refractivity contribution in [1.82, 2.24) is 14.5 Å². The number of amides is 1. The second-order valence-corrected chi connectivity index (χ2v) is 9.65. The molecule has 1 N–H and O–H groups in total. The van der Waals surface area contributed by atoms with E-state index in [2.05, 4.69) is 69.9 Å². The molecule has 0 unspecified atom stereocenters. The summed E-state index contributed by atoms with van der Waals surface area (Å²) in [7, 11) is 1.79. The second-order valence-electron chi connectivity index (χ2n) is 9.65. The van der Waals surface area contributed by atoms with Crippen LogP contribution in [-0.4, -0.2) is 28.3 Å². The summed E-state index contributed by atoms with van der Waals surface area (Å²) in [4.78, 5) is 13.2. The normalized spacial score (nSPS) is 25.9. The Morgan fingerprint density at radius 3 is 2.39 bits per heavy atom. The summed E-state index contributed by atoms with van der Waals surface area (Å²) < 4.78 is 17.6. The van der Waals surface area contributed by atoms with Crippen molar-refractivity contribution in [1.29, 1.82) is 0 Å². The standard InChI is InChI=1S/C27H23N3O3/c1-13-11-19-29-17-9-5-4-8-15(17)21-22-16(12-28-26(22)31)20-14-7-3-6-10-18(14)30(23(20)24(21)29)27(33-19)25(13)32-2/h3-10,13,19,25,27H,11-12H2,1-2H3,(H,28,31)/t13-,19-,25-,27+/m0/s1. The lowest BCUT2D eigenvalue weighted by molar-refractivity contribution is -0.201. The minimum absolute atomic E-state index is 0.0166. The van der Waals surface area contributed by atoms with E-state index in [1.54, 1.807) is 7.11 Å². The molecule has 0 aliphatic carbocycles. The van der Waals surface area contributed by atoms with Crippen molar-refractivity contribution in [2.75, 3.05) is 7.11 Å². The predicted molar refractivity (Wildman–Crippen MR) is 127 cm³/mol. The first-order valence-electron chi connectivity index (χ1n) is 11.7. The Morgan fingerprint density at radius 2 is 1.64 bits per heavy atom. The SMILES string of the molecule is CO[C@@H]1[C@H]2O[C@@H](C[C@@H]1C)n1c3ccccc3c3c4c(c5c6ccccc6n2c5c31)CNC4=O. The highest BCUT2D eigenvalue weighted by Gasteiger charge is 2.44. The van der Waals surface area contributed by atoms with Gasteiger partial charge in [-0.2, -0.15) is 0 Å². The van der Waals surface area contributed by atoms with Crippen molar-refractivity contribution in [2.45, 2.75) is 38.4 Å². The highest BCUT2D eigenvalue weighted by Crippen LogP contribution is 2.52. The number of hydrogen-bond donors (Lipinski definition) is 1. The van der Waals surface area contributed by atoms with E-state index in [0.29, 0.717) is 12.5 Å². The van der Waals surface area contributed by atoms with Gasteiger partial charge in [0.05, 0.1) is 27.6 Å². The number of aromatic nitrogens is 2. The highest BCUT2D eigenvalue weighted by molar-refractivity contribution is 6.30. The lowest BCUT2D eigenvalue weighted by Gasteiger charge is -2.40. The maximum atomic E-state index is 13.2. The third-order valence-electron chi connectivity index (χ3n) is 8.08. The Labute approximate surface area is 189 Å². The first kappa shape index (κ1) is 18.1. The van der Waals surface area contributed by atoms with Gasteiger partial charge in [-0.1, -0.05) is 43.3 Å². The summed E-state index contributed by atoms with van der Waals surface area (Å²) in [5.74, 6) is 0.332. The average Bonchev–Trinajstić information content (AvgIpc) is 3.45. The van der Waals surface area contributed by atoms with Crippen LogP contribution >= 0.6 is 0 Å². The van der Waals surface area contributed by atoms with Crippen LogP contribution in [-0.2, 0) is 16.0 Å². The number of nitrogens with one attached hydrogen (secondary N) is 1. The number of ether oxygens (including phenoxy) is 2. The maximum absolute atomic E-state index is 13.2. The van der Waals surface area contributed by atoms with Gasteiger partial charge in [0.2, 0.25) is 0 Å². The molecule has 0 radical (unpaired) electrons. The molecule has 164 valence electrons. The fourth-order valence-electron chi connectivity index (χ4n) is 6.82. The lowest BCUT2D eigenvalue weighted by atomic mass is 9.95. The van der Waals surface area contributed by atoms with E-state index >= 15 is 0 Å². The topological polar surface area (TPSA) is 57.4 Å². The molecule has 1 fully saturated rings. The fourth-order valence-corrected chi connectivity index (χ4v) is 6.82. The molecule has 1 saturated heterocycles. The van der Waals surface area contributed by atoms with Crippen LogP contribution in [0, 0.1) is 5.92 Å². The molecule has 1 amide bonds. The molecule has 5 aromatic rings. The highest BCUT2D eigenvalue weighted by atomic mass is 16.6. The van der Waals surface area contributed by atoms with E-state index < -0.39 is 0 Å². The van der Waals surface area contributed by atoms with Gasteiger partial charge in [0, 0.05) is 35.2 Å². The summed E-state index contributed by atoms with van der Waals surface area (Å²) in [6.45, 7) is 2.80. The van der Waals surface area contributed by atoms with Crippen LogP contribution in [0.15, 0.2) is 48.5 Å². The molecule has 3 aliphatic rings. The van der Waals surface area contributed by atoms with E-state index in [-0.39, 0.29) is 24.5 Å². The van der Waals surface area contributed by atoms with Gasteiger partial charge >= 0.3 is 0 Å². The molecule has 0 saturated carbocycles. The van der Waals surface area contributed by atoms with E-state index in [1.807, 2.05) is 0 Å². The number of nitrogens with zero attached hydrogens (tertiary/aromatic N) is 2. The smallest absolute Gasteiger partial charge is 0.252 e. The van der Waals surface area contributed by atoms with Crippen molar-refractivity contribution in [3.8, 4) is 0 Å². The molecule has 2 aromatic heterocycles. The first-order chi connectivity index (χ1) is 16.2. The lowest BCUT2D eigenvalue weighted by Crippen LogP contribution is -2.40. The largest absolute Gasteiger partial charge is 0.376 e. The number of carbonyl (C=O) groups is 1. The van der Waals surface area contributed by atoms with E-state index in [1.165, 1.54) is 0 Å². The summed E-state index contributed by atoms with van der Waals surface area (Å²) in [5.41, 5.74) is 6.42. The van der Waals surface area contributed by atoms with Gasteiger partial charge in [-0.15, -0.1) is 0 Å². The van der Waals surface area contributed by atoms with Crippen molar-refractivity contribution in [3.05, 3.63) is 59.7 Å². The Hall–Kier alpha value is -3.35. The van der Waals surface area contributed by atoms with Gasteiger partial charge < -0.3 is 23.9 Å². The number of fused-ring (bicyclic) bond motifs is 13. The molecule has 6 nitrogen and oxygen atoms in total. The summed E-state index contributed by atoms with van der Waals surface area (Å²) >= 11 is 0. The zero-order chi connectivity index (χ0) is 22.0. The third-order valence-corrected chi connectivity index (χ3v) is 8.08. The predicted octanol–water partition coefficient (Wildman–Crippen LogP) is 5.23. The summed E-state index contributed by atoms with van der Waals surface area (Å²) in [6.07, 6.45) is 0.439. The number of benzene rings is 3. The van der Waals surface area contributed by atoms with Crippen LogP contribution in [0.1, 0.15) is 41.7 Å². The molecule has 6 heteroatoms. The Morgan fingerprint density at radius 1 is 0.970 bits per heavy atom. The number of hydrogen-bond acceptors (Lipinski definition) is 3. The van der Waals surface area contributed by atoms with Crippen LogP contribution in [0.2, 0.25) is 0 Å². The maximum Gasteiger partial charge on any atom is 0.252 e. The quantitative estimate of drug-likeness (QED) is 0.391. The van der Waals surface area contributed by atoms with E-state index in [9.17, 15) is 4.79 Å². The molecule has 5 heterocycles. The minimum Gasteiger partial charge on any atom is -0.376 e. The number of rotatable bonds is 1. The Bertz CT molecular complexity index is 1680. The summed E-state index contributed by atoms with van der Waals surface area (Å²) in [6, 6.07) is 16.9. The fraction of sp³-hybridized carbons (Fsp3) is 0.296. The number of methoxy groups -OCH3 is 1. The minimum atomic E-state index is -0.240. The Kier molecular flexibility index (Phi) is 3.27. The molecule has 33 heavy (non-hydrogen) atoms. The molecular formula is C27H23N3O3. The second kappa shape index (κ2) is 5.95. The molecular weight excluding hydrogens is 414 g/mol. The van der Waals surface area contributed by atoms with Crippen molar-refractivity contribution >= 4 is 49.5 Å². The van der Waals surface area contributed by atoms with Gasteiger partial charge in [0.25, 0.3) is 5.91 Å². The molecule has 4 atom stereocenters. The van der Waals surface area contributed by atoms with Crippen LogP contribution in [0.3, 0.4) is 0 Å². The molecule has 0 spiro atoms. The van der Waals surface area contributed by atoms with Crippen molar-refractivity contribution < 1.29 is 14.3 Å². The van der Waals surface area contributed by atoms with Gasteiger partial charge in [0.1, 0.15) is 12.3 Å². The van der Waals surface area contributed by atoms with Crippen molar-refractivity contribution in [3.63, 3.8) is 0 Å². The average molecular weight is 437 g/mol. The molecule has 2 bridgehead atoms. The monoisotopic (exact) mass is 437 g/mol. The molecule has 3 aromatic carbocycles. The van der Waals surface area contributed by atoms with Crippen LogP contribution in [0.4, 0.5) is 0 Å². The zero-order valence-corrected chi connectivity index (χ0v) is 18.5. The van der Waals surface area contributed by atoms with E-state index in [4.69, 9.17) is 9.47 Å². The number of para-hydroxylation sites is 2. The Balaban J connectivity index is 1.73. The van der Waals surface area contributed by atoms with Gasteiger partial charge in [-0.3, -0.25) is 4.79 Å². The van der Waals surface area contributed by atoms with Gasteiger partial charge in [-0.25, -0.2) is 0 Å². The third kappa shape index (κ3) is 1.97. The summed E-state index contributed by atoms with van der Waals surface area (Å²) in [5, 5.41) is 7.60. The number of carbonyl (C=O) groups excluding carboxylic acids is 1. The van der Waals surface area contributed by atoms with Crippen LogP contribution in [0.5, 0.6) is 0 Å². The van der Waals surface area contributed by atoms with Crippen LogP contribution in [0.25, 0.3) is 43.6 Å². The van der Waals surface area contributed by atoms with E-state index in [0.717, 1.165) is 61.2 Å². The molecule has 3 aliphatic heterocycles. The zero-order valence-electron chi connectivity index (χ0n) is 18.5.